The zero-order valence-electron chi connectivity index (χ0n) is 16.0. The van der Waals surface area contributed by atoms with Crippen molar-refractivity contribution in [1.82, 2.24) is 0 Å². The van der Waals surface area contributed by atoms with Crippen molar-refractivity contribution in [2.24, 2.45) is 0 Å². The first kappa shape index (κ1) is 23.1. The highest BCUT2D eigenvalue weighted by Crippen LogP contribution is 2.26. The van der Waals surface area contributed by atoms with Crippen molar-refractivity contribution >= 4 is 42.7 Å². The Balaban J connectivity index is 1.83. The first-order chi connectivity index (χ1) is 15.0. The van der Waals surface area contributed by atoms with Crippen molar-refractivity contribution in [3.05, 3.63) is 66.4 Å². The Bertz CT molecular complexity index is 1470. The first-order valence-electron chi connectivity index (χ1n) is 8.63. The number of ketones is 1. The van der Waals surface area contributed by atoms with Gasteiger partial charge in [-0.3, -0.25) is 13.9 Å². The van der Waals surface area contributed by atoms with Crippen molar-refractivity contribution in [3.8, 4) is 11.5 Å². The number of ether oxygens (including phenoxy) is 2. The van der Waals surface area contributed by atoms with Gasteiger partial charge in [0, 0.05) is 23.8 Å². The van der Waals surface area contributed by atoms with Crippen molar-refractivity contribution < 1.29 is 45.0 Å². The summed E-state index contributed by atoms with van der Waals surface area (Å²) in [6.45, 7) is -0.507. The molecule has 0 atom stereocenters. The highest BCUT2D eigenvalue weighted by molar-refractivity contribution is 7.86. The van der Waals surface area contributed by atoms with Gasteiger partial charge >= 0.3 is 0 Å². The fraction of sp³-hybridized carbons (Fsp3) is 0.0500. The number of carbonyl (C=O) groups excluding carboxylic acids is 2. The van der Waals surface area contributed by atoms with Gasteiger partial charge in [0.2, 0.25) is 0 Å². The average molecular weight is 478 g/mol. The molecule has 0 spiro atoms. The van der Waals surface area contributed by atoms with E-state index in [1.807, 2.05) is 0 Å². The van der Waals surface area contributed by atoms with Gasteiger partial charge in [0.15, 0.2) is 24.6 Å². The Morgan fingerprint density at radius 3 is 2.12 bits per heavy atom. The number of benzene rings is 3. The Hall–Kier alpha value is -3.54. The molecule has 0 saturated heterocycles. The topological polar surface area (TPSA) is 161 Å². The van der Waals surface area contributed by atoms with E-state index < -0.39 is 37.5 Å². The standard InChI is InChI=1S/C20H14O10S2/c21-5-6-29-16-9-17(11-19(10-16)32(26,27)28)30-12-20(22)15-2-1-14-8-18(31(23,24)25)4-3-13(14)7-15/h1-4,6-11H,12H2,(H,23,24,25)(H,26,27,28). The molecule has 0 fully saturated rings. The molecule has 0 aliphatic carbocycles. The average Bonchev–Trinajstić information content (AvgIpc) is 2.74. The Morgan fingerprint density at radius 2 is 1.47 bits per heavy atom. The number of carbonyl (C=O) groups is 1. The molecule has 0 radical (unpaired) electrons. The summed E-state index contributed by atoms with van der Waals surface area (Å²) >= 11 is 0. The summed E-state index contributed by atoms with van der Waals surface area (Å²) in [4.78, 5) is 21.9. The maximum atomic E-state index is 12.5. The second kappa shape index (κ2) is 8.91. The highest BCUT2D eigenvalue weighted by Gasteiger charge is 2.16. The quantitative estimate of drug-likeness (QED) is 0.213. The van der Waals surface area contributed by atoms with Crippen LogP contribution in [-0.4, -0.2) is 44.3 Å². The molecule has 3 aromatic rings. The monoisotopic (exact) mass is 478 g/mol. The molecule has 12 heteroatoms. The van der Waals surface area contributed by atoms with Crippen LogP contribution in [0.15, 0.2) is 70.7 Å². The Morgan fingerprint density at radius 1 is 0.844 bits per heavy atom. The zero-order valence-corrected chi connectivity index (χ0v) is 17.6. The maximum Gasteiger partial charge on any atom is 0.294 e. The van der Waals surface area contributed by atoms with Crippen molar-refractivity contribution in [1.29, 1.82) is 0 Å². The summed E-state index contributed by atoms with van der Waals surface area (Å²) in [5, 5.41) is 1.01. The minimum Gasteiger partial charge on any atom is -0.485 e. The molecule has 32 heavy (non-hydrogen) atoms. The van der Waals surface area contributed by atoms with Crippen LogP contribution < -0.4 is 9.47 Å². The number of hydrogen-bond donors (Lipinski definition) is 2. The third-order valence-corrected chi connectivity index (χ3v) is 5.88. The predicted molar refractivity (Wildman–Crippen MR) is 111 cm³/mol. The van der Waals surface area contributed by atoms with Crippen LogP contribution in [0.5, 0.6) is 11.5 Å². The van der Waals surface area contributed by atoms with Gasteiger partial charge in [-0.15, -0.1) is 0 Å². The maximum absolute atomic E-state index is 12.5. The molecule has 0 aliphatic rings. The molecule has 0 aliphatic heterocycles. The third kappa shape index (κ3) is 5.58. The molecule has 0 saturated carbocycles. The molecule has 2 N–H and O–H groups in total. The largest absolute Gasteiger partial charge is 0.485 e. The van der Waals surface area contributed by atoms with E-state index in [9.17, 15) is 31.0 Å². The molecule has 3 rings (SSSR count). The predicted octanol–water partition coefficient (Wildman–Crippen LogP) is 2.32. The van der Waals surface area contributed by atoms with Gasteiger partial charge in [-0.1, -0.05) is 18.2 Å². The van der Waals surface area contributed by atoms with Crippen LogP contribution >= 0.6 is 0 Å². The number of fused-ring (bicyclic) bond motifs is 1. The molecular weight excluding hydrogens is 464 g/mol. The minimum absolute atomic E-state index is 0.124. The van der Waals surface area contributed by atoms with Crippen LogP contribution in [0, 0.1) is 0 Å². The van der Waals surface area contributed by atoms with Crippen molar-refractivity contribution in [2.45, 2.75) is 9.79 Å². The smallest absolute Gasteiger partial charge is 0.294 e. The lowest BCUT2D eigenvalue weighted by Gasteiger charge is -2.10. The summed E-state index contributed by atoms with van der Waals surface area (Å²) in [5.74, 6) is 0.582. The van der Waals surface area contributed by atoms with Crippen LogP contribution in [0.4, 0.5) is 0 Å². The van der Waals surface area contributed by atoms with Crippen LogP contribution in [-0.2, 0) is 25.0 Å². The third-order valence-electron chi connectivity index (χ3n) is 4.20. The number of hydrogen-bond acceptors (Lipinski definition) is 8. The lowest BCUT2D eigenvalue weighted by Crippen LogP contribution is -2.12. The molecule has 10 nitrogen and oxygen atoms in total. The van der Waals surface area contributed by atoms with Crippen LogP contribution in [0.25, 0.3) is 10.8 Å². The van der Waals surface area contributed by atoms with Gasteiger partial charge in [0.25, 0.3) is 20.2 Å². The van der Waals surface area contributed by atoms with E-state index in [1.54, 1.807) is 0 Å². The van der Waals surface area contributed by atoms with Crippen LogP contribution in [0.3, 0.4) is 0 Å². The van der Waals surface area contributed by atoms with E-state index in [4.69, 9.17) is 14.0 Å². The molecule has 3 aromatic carbocycles. The number of Topliss-reactive ketones (excluding diaryl/α,β-unsaturated/α-hetero) is 1. The van der Waals surface area contributed by atoms with E-state index in [1.165, 1.54) is 48.4 Å². The van der Waals surface area contributed by atoms with E-state index in [-0.39, 0.29) is 22.0 Å². The molecule has 0 amide bonds. The Labute approximate surface area is 182 Å². The second-order valence-corrected chi connectivity index (χ2v) is 9.22. The molecule has 0 heterocycles. The molecule has 0 unspecified atom stereocenters. The van der Waals surface area contributed by atoms with Gasteiger partial charge in [-0.2, -0.15) is 16.8 Å². The molecule has 166 valence electrons. The van der Waals surface area contributed by atoms with Gasteiger partial charge in [0.05, 0.1) is 4.90 Å². The lowest BCUT2D eigenvalue weighted by atomic mass is 10.0. The van der Waals surface area contributed by atoms with Crippen LogP contribution in [0.2, 0.25) is 0 Å². The van der Waals surface area contributed by atoms with E-state index >= 15 is 0 Å². The van der Waals surface area contributed by atoms with Gasteiger partial charge in [-0.25, -0.2) is 4.79 Å². The van der Waals surface area contributed by atoms with Gasteiger partial charge in [-0.05, 0) is 29.0 Å². The van der Waals surface area contributed by atoms with Crippen molar-refractivity contribution in [3.63, 3.8) is 0 Å². The zero-order chi connectivity index (χ0) is 23.5. The summed E-state index contributed by atoms with van der Waals surface area (Å²) in [5.41, 5.74) is 0.225. The number of rotatable bonds is 8. The van der Waals surface area contributed by atoms with Gasteiger partial charge < -0.3 is 9.47 Å². The van der Waals surface area contributed by atoms with E-state index in [0.29, 0.717) is 17.0 Å². The van der Waals surface area contributed by atoms with Gasteiger partial charge in [0.1, 0.15) is 16.4 Å². The lowest BCUT2D eigenvalue weighted by molar-refractivity contribution is 0.0921. The van der Waals surface area contributed by atoms with E-state index in [2.05, 4.69) is 0 Å². The fourth-order valence-corrected chi connectivity index (χ4v) is 3.77. The summed E-state index contributed by atoms with van der Waals surface area (Å²) in [7, 11) is -8.98. The summed E-state index contributed by atoms with van der Waals surface area (Å²) < 4.78 is 73.9. The van der Waals surface area contributed by atoms with Crippen LogP contribution in [0.1, 0.15) is 10.4 Å². The highest BCUT2D eigenvalue weighted by atomic mass is 32.2. The fourth-order valence-electron chi connectivity index (χ4n) is 2.73. The van der Waals surface area contributed by atoms with Crippen molar-refractivity contribution in [2.75, 3.05) is 6.61 Å². The minimum atomic E-state index is -4.62. The summed E-state index contributed by atoms with van der Waals surface area (Å²) in [6.07, 6.45) is 0.626. The molecular formula is C20H14O10S2. The molecule has 0 aromatic heterocycles. The molecule has 0 bridgehead atoms. The summed E-state index contributed by atoms with van der Waals surface area (Å²) in [6, 6.07) is 11.4. The second-order valence-electron chi connectivity index (χ2n) is 6.38. The van der Waals surface area contributed by atoms with E-state index in [0.717, 1.165) is 12.1 Å². The Kier molecular flexibility index (Phi) is 6.44. The normalized spacial score (nSPS) is 11.6. The SMILES string of the molecule is O=C=COc1cc(OCC(=O)c2ccc3cc(S(=O)(=O)O)ccc3c2)cc(S(=O)(=O)O)c1. The first-order valence-corrected chi connectivity index (χ1v) is 11.5.